The van der Waals surface area contributed by atoms with Crippen LogP contribution in [0, 0.1) is 0 Å². The molecule has 3 heteroatoms. The van der Waals surface area contributed by atoms with Gasteiger partial charge in [-0.1, -0.05) is 36.4 Å². The number of nitrogens with two attached hydrogens (primary N) is 1. The molecule has 0 unspecified atom stereocenters. The van der Waals surface area contributed by atoms with Crippen LogP contribution in [0.3, 0.4) is 0 Å². The van der Waals surface area contributed by atoms with E-state index in [1.165, 1.54) is 6.07 Å². The number of benzene rings is 2. The van der Waals surface area contributed by atoms with Gasteiger partial charge in [-0.2, -0.15) is 0 Å². The van der Waals surface area contributed by atoms with E-state index in [4.69, 9.17) is 22.1 Å². The monoisotopic (exact) mass is 262 g/mol. The van der Waals surface area contributed by atoms with Crippen LogP contribution in [0.2, 0.25) is 0 Å². The summed E-state index contributed by atoms with van der Waals surface area (Å²) >= 11 is 0. The molecule has 0 saturated carbocycles. The van der Waals surface area contributed by atoms with E-state index in [0.29, 0.717) is 5.56 Å². The van der Waals surface area contributed by atoms with E-state index in [1.807, 2.05) is 30.3 Å². The van der Waals surface area contributed by atoms with Crippen LogP contribution in [0.25, 0.3) is 0 Å². The smallest absolute Gasteiger partial charge is 0.161 e. The summed E-state index contributed by atoms with van der Waals surface area (Å²) in [6.45, 7) is -1.64. The molecular formula is C16H19NO2. The lowest BCUT2D eigenvalue weighted by molar-refractivity contribution is 0.284. The van der Waals surface area contributed by atoms with Gasteiger partial charge in [0.05, 0.1) is 11.2 Å². The Morgan fingerprint density at radius 1 is 1.11 bits per heavy atom. The average Bonchev–Trinajstić information content (AvgIpc) is 2.44. The maximum absolute atomic E-state index is 7.43. The zero-order valence-corrected chi connectivity index (χ0v) is 10.4. The first kappa shape index (κ1) is 8.23. The van der Waals surface area contributed by atoms with Crippen molar-refractivity contribution < 1.29 is 16.3 Å². The normalized spacial score (nSPS) is 15.5. The van der Waals surface area contributed by atoms with Gasteiger partial charge in [-0.15, -0.1) is 0 Å². The van der Waals surface area contributed by atoms with Gasteiger partial charge in [0.15, 0.2) is 11.5 Å². The Kier molecular flexibility index (Phi) is 2.95. The highest BCUT2D eigenvalue weighted by atomic mass is 16.5. The first-order valence-corrected chi connectivity index (χ1v) is 5.90. The van der Waals surface area contributed by atoms with Crippen LogP contribution in [-0.4, -0.2) is 13.5 Å². The lowest BCUT2D eigenvalue weighted by atomic mass is 10.1. The predicted molar refractivity (Wildman–Crippen MR) is 76.5 cm³/mol. The summed E-state index contributed by atoms with van der Waals surface area (Å²) in [7, 11) is -2.63. The molecule has 0 aliphatic carbocycles. The van der Waals surface area contributed by atoms with Crippen molar-refractivity contribution in [2.75, 3.05) is 13.5 Å². The molecule has 0 bridgehead atoms. The minimum absolute atomic E-state index is 0.0349. The van der Waals surface area contributed by atoms with Gasteiger partial charge < -0.3 is 15.2 Å². The third-order valence-corrected chi connectivity index (χ3v) is 2.66. The molecule has 0 fully saturated rings. The number of rotatable bonds is 6. The second kappa shape index (κ2) is 6.81. The molecular weight excluding hydrogens is 238 g/mol. The van der Waals surface area contributed by atoms with Crippen LogP contribution in [0.15, 0.2) is 48.5 Å². The average molecular weight is 262 g/mol. The first-order valence-electron chi connectivity index (χ1n) is 8.40. The van der Waals surface area contributed by atoms with Gasteiger partial charge in [0.1, 0.15) is 6.61 Å². The van der Waals surface area contributed by atoms with Gasteiger partial charge in [-0.3, -0.25) is 0 Å². The van der Waals surface area contributed by atoms with Crippen molar-refractivity contribution in [1.29, 1.82) is 0 Å². The van der Waals surface area contributed by atoms with Gasteiger partial charge in [-0.05, 0) is 36.2 Å². The zero-order valence-electron chi connectivity index (χ0n) is 15.4. The van der Waals surface area contributed by atoms with Gasteiger partial charge in [-0.25, -0.2) is 0 Å². The molecule has 2 N–H and O–H groups in total. The van der Waals surface area contributed by atoms with Crippen molar-refractivity contribution >= 4 is 0 Å². The van der Waals surface area contributed by atoms with Crippen LogP contribution >= 0.6 is 0 Å². The summed E-state index contributed by atoms with van der Waals surface area (Å²) in [4.78, 5) is 0. The van der Waals surface area contributed by atoms with Crippen molar-refractivity contribution in [2.45, 2.75) is 13.0 Å². The summed E-state index contributed by atoms with van der Waals surface area (Å²) in [6, 6.07) is 14.1. The molecule has 0 saturated heterocycles. The molecule has 0 amide bonds. The summed E-state index contributed by atoms with van der Waals surface area (Å²) < 4.78 is 47.3. The standard InChI is InChI=1S/C16H19NO2/c1-18-16-11-13(9-10-17)7-8-15(16)19-12-14-5-3-2-4-6-14/h2-8,11H,9-10,12,17H2,1H3/i1D3,10D2. The van der Waals surface area contributed by atoms with Crippen LogP contribution < -0.4 is 15.2 Å². The topological polar surface area (TPSA) is 44.5 Å². The van der Waals surface area contributed by atoms with Gasteiger partial charge in [0.2, 0.25) is 0 Å². The second-order valence-corrected chi connectivity index (χ2v) is 4.04. The summed E-state index contributed by atoms with van der Waals surface area (Å²) in [5.41, 5.74) is 6.82. The lowest BCUT2D eigenvalue weighted by Crippen LogP contribution is -2.03. The molecule has 2 aromatic carbocycles. The highest BCUT2D eigenvalue weighted by Crippen LogP contribution is 2.28. The van der Waals surface area contributed by atoms with Crippen molar-refractivity contribution in [1.82, 2.24) is 0 Å². The van der Waals surface area contributed by atoms with Crippen LogP contribution in [0.4, 0.5) is 0 Å². The van der Waals surface area contributed by atoms with Gasteiger partial charge in [0, 0.05) is 2.74 Å². The fraction of sp³-hybridized carbons (Fsp3) is 0.250. The molecule has 2 aromatic rings. The molecule has 0 aromatic heterocycles. The summed E-state index contributed by atoms with van der Waals surface area (Å²) in [5.74, 6) is 0.309. The molecule has 0 spiro atoms. The molecule has 2 rings (SSSR count). The number of ether oxygens (including phenoxy) is 2. The predicted octanol–water partition coefficient (Wildman–Crippen LogP) is 2.78. The number of hydrogen-bond donors (Lipinski definition) is 1. The van der Waals surface area contributed by atoms with E-state index in [9.17, 15) is 0 Å². The Morgan fingerprint density at radius 2 is 1.95 bits per heavy atom. The third-order valence-electron chi connectivity index (χ3n) is 2.66. The van der Waals surface area contributed by atoms with Crippen molar-refractivity contribution in [2.24, 2.45) is 5.73 Å². The minimum atomic E-state index is -2.63. The van der Waals surface area contributed by atoms with Gasteiger partial charge >= 0.3 is 0 Å². The first-order chi connectivity index (χ1) is 11.1. The SMILES string of the molecule is [2H]C([2H])(N)Cc1ccc(OCc2ccccc2)c(OC([2H])([2H])[2H])c1. The Hall–Kier alpha value is -2.00. The fourth-order valence-corrected chi connectivity index (χ4v) is 1.71. The highest BCUT2D eigenvalue weighted by molar-refractivity contribution is 5.43. The Bertz CT molecular complexity index is 668. The van der Waals surface area contributed by atoms with Crippen molar-refractivity contribution in [3.63, 3.8) is 0 Å². The highest BCUT2D eigenvalue weighted by Gasteiger charge is 2.05. The maximum Gasteiger partial charge on any atom is 0.161 e. The molecule has 19 heavy (non-hydrogen) atoms. The lowest BCUT2D eigenvalue weighted by Gasteiger charge is -2.12. The van der Waals surface area contributed by atoms with Crippen molar-refractivity contribution in [3.05, 3.63) is 59.7 Å². The minimum Gasteiger partial charge on any atom is -0.493 e. The molecule has 0 aliphatic heterocycles. The number of hydrogen-bond acceptors (Lipinski definition) is 3. The van der Waals surface area contributed by atoms with E-state index >= 15 is 0 Å². The summed E-state index contributed by atoms with van der Waals surface area (Å²) in [5, 5.41) is 0. The molecule has 0 heterocycles. The maximum atomic E-state index is 7.43. The van der Waals surface area contributed by atoms with Crippen LogP contribution in [0.1, 0.15) is 18.0 Å². The van der Waals surface area contributed by atoms with E-state index in [0.717, 1.165) is 5.56 Å². The molecule has 0 aliphatic rings. The third kappa shape index (κ3) is 3.73. The van der Waals surface area contributed by atoms with Crippen molar-refractivity contribution in [3.8, 4) is 11.5 Å². The fourth-order valence-electron chi connectivity index (χ4n) is 1.71. The Labute approximate surface area is 121 Å². The van der Waals surface area contributed by atoms with E-state index in [-0.39, 0.29) is 24.5 Å². The number of aryl methyl sites for hydroxylation is 1. The van der Waals surface area contributed by atoms with Gasteiger partial charge in [0.25, 0.3) is 0 Å². The zero-order chi connectivity index (χ0) is 17.8. The van der Waals surface area contributed by atoms with Crippen LogP contribution in [0.5, 0.6) is 11.5 Å². The largest absolute Gasteiger partial charge is 0.493 e. The van der Waals surface area contributed by atoms with E-state index in [2.05, 4.69) is 0 Å². The number of methoxy groups -OCH3 is 1. The Morgan fingerprint density at radius 3 is 2.68 bits per heavy atom. The van der Waals surface area contributed by atoms with Crippen LogP contribution in [-0.2, 0) is 13.0 Å². The molecule has 0 radical (unpaired) electrons. The molecule has 0 atom stereocenters. The molecule has 100 valence electrons. The quantitative estimate of drug-likeness (QED) is 0.870. The Balaban J connectivity index is 2.21. The van der Waals surface area contributed by atoms with E-state index in [1.54, 1.807) is 12.1 Å². The summed E-state index contributed by atoms with van der Waals surface area (Å²) in [6.07, 6.45) is -0.0661. The second-order valence-electron chi connectivity index (χ2n) is 4.04. The molecule has 3 nitrogen and oxygen atoms in total. The van der Waals surface area contributed by atoms with E-state index < -0.39 is 13.5 Å².